The Kier molecular flexibility index (Phi) is 5.20. The van der Waals surface area contributed by atoms with Gasteiger partial charge in [-0.3, -0.25) is 0 Å². The maximum absolute atomic E-state index is 8.69. The minimum Gasteiger partial charge on any atom is -0.493 e. The van der Waals surface area contributed by atoms with Crippen LogP contribution in [-0.4, -0.2) is 6.61 Å². The predicted octanol–water partition coefficient (Wildman–Crippen LogP) is 3.69. The molecule has 0 aliphatic rings. The van der Waals surface area contributed by atoms with Crippen LogP contribution in [0.3, 0.4) is 0 Å². The molecule has 0 N–H and O–H groups in total. The topological polar surface area (TPSA) is 33.0 Å². The molecule has 15 heavy (non-hydrogen) atoms. The summed E-state index contributed by atoms with van der Waals surface area (Å²) in [5.74, 6) is 0.827. The molecule has 0 fully saturated rings. The van der Waals surface area contributed by atoms with Crippen molar-refractivity contribution in [3.05, 3.63) is 28.2 Å². The molecule has 0 aliphatic heterocycles. The highest BCUT2D eigenvalue weighted by atomic mass is 79.9. The molecule has 0 saturated carbocycles. The Morgan fingerprint density at radius 2 is 2.27 bits per heavy atom. The Hall–Kier alpha value is -1.01. The zero-order chi connectivity index (χ0) is 11.1. The molecule has 3 heteroatoms. The van der Waals surface area contributed by atoms with Gasteiger partial charge in [0, 0.05) is 10.0 Å². The molecule has 0 amide bonds. The van der Waals surface area contributed by atoms with Gasteiger partial charge >= 0.3 is 0 Å². The van der Waals surface area contributed by atoms with E-state index in [1.54, 1.807) is 0 Å². The molecule has 0 atom stereocenters. The molecule has 0 saturated heterocycles. The van der Waals surface area contributed by atoms with Crippen molar-refractivity contribution in [2.24, 2.45) is 0 Å². The van der Waals surface area contributed by atoms with Crippen LogP contribution in [0.4, 0.5) is 0 Å². The lowest BCUT2D eigenvalue weighted by Crippen LogP contribution is -1.99. The molecule has 80 valence electrons. The van der Waals surface area contributed by atoms with Crippen molar-refractivity contribution in [1.82, 2.24) is 0 Å². The van der Waals surface area contributed by atoms with Gasteiger partial charge in [-0.15, -0.1) is 0 Å². The van der Waals surface area contributed by atoms with E-state index in [4.69, 9.17) is 10.00 Å². The Labute approximate surface area is 99.0 Å². The third-order valence-electron chi connectivity index (χ3n) is 2.05. The van der Waals surface area contributed by atoms with Crippen LogP contribution in [0.25, 0.3) is 0 Å². The minimum atomic E-state index is 0.390. The number of nitrogens with zero attached hydrogens (tertiary/aromatic N) is 1. The normalized spacial score (nSPS) is 9.67. The Balaban J connectivity index is 2.72. The fraction of sp³-hybridized carbons (Fsp3) is 0.417. The third-order valence-corrected chi connectivity index (χ3v) is 2.54. The highest BCUT2D eigenvalue weighted by molar-refractivity contribution is 9.10. The van der Waals surface area contributed by atoms with Crippen LogP contribution in [0.5, 0.6) is 5.75 Å². The monoisotopic (exact) mass is 267 g/mol. The van der Waals surface area contributed by atoms with Gasteiger partial charge in [0.15, 0.2) is 0 Å². The molecule has 1 rings (SSSR count). The van der Waals surface area contributed by atoms with Crippen molar-refractivity contribution < 1.29 is 4.74 Å². The van der Waals surface area contributed by atoms with Crippen molar-refractivity contribution in [3.8, 4) is 11.8 Å². The molecular weight excluding hydrogens is 254 g/mol. The van der Waals surface area contributed by atoms with E-state index in [-0.39, 0.29) is 0 Å². The summed E-state index contributed by atoms with van der Waals surface area (Å²) < 4.78 is 6.60. The molecule has 0 unspecified atom stereocenters. The van der Waals surface area contributed by atoms with E-state index in [1.165, 1.54) is 0 Å². The van der Waals surface area contributed by atoms with Gasteiger partial charge in [-0.25, -0.2) is 0 Å². The van der Waals surface area contributed by atoms with E-state index in [0.29, 0.717) is 6.42 Å². The first-order chi connectivity index (χ1) is 7.27. The van der Waals surface area contributed by atoms with Gasteiger partial charge in [0.25, 0.3) is 0 Å². The highest BCUT2D eigenvalue weighted by Crippen LogP contribution is 2.23. The molecule has 0 aliphatic carbocycles. The maximum Gasteiger partial charge on any atom is 0.123 e. The zero-order valence-corrected chi connectivity index (χ0v) is 10.4. The van der Waals surface area contributed by atoms with E-state index < -0.39 is 0 Å². The standard InChI is InChI=1S/C12H14BrNO/c1-2-3-8-15-12-5-4-11(13)9-10(12)6-7-14/h4-5,9H,2-3,6,8H2,1H3. The molecular formula is C12H14BrNO. The van der Waals surface area contributed by atoms with Gasteiger partial charge in [-0.1, -0.05) is 29.3 Å². The lowest BCUT2D eigenvalue weighted by molar-refractivity contribution is 0.307. The van der Waals surface area contributed by atoms with Gasteiger partial charge < -0.3 is 4.74 Å². The number of rotatable bonds is 5. The van der Waals surface area contributed by atoms with Crippen LogP contribution in [0.1, 0.15) is 25.3 Å². The van der Waals surface area contributed by atoms with Crippen LogP contribution in [0.2, 0.25) is 0 Å². The van der Waals surface area contributed by atoms with Crippen molar-refractivity contribution in [3.63, 3.8) is 0 Å². The SMILES string of the molecule is CCCCOc1ccc(Br)cc1CC#N. The summed E-state index contributed by atoms with van der Waals surface area (Å²) in [6.45, 7) is 2.84. The highest BCUT2D eigenvalue weighted by Gasteiger charge is 2.03. The first-order valence-corrected chi connectivity index (χ1v) is 5.85. The zero-order valence-electron chi connectivity index (χ0n) is 8.79. The third kappa shape index (κ3) is 3.93. The molecule has 0 heterocycles. The number of hydrogen-bond acceptors (Lipinski definition) is 2. The first-order valence-electron chi connectivity index (χ1n) is 5.06. The quantitative estimate of drug-likeness (QED) is 0.763. The van der Waals surface area contributed by atoms with Crippen LogP contribution in [0, 0.1) is 11.3 Å². The Morgan fingerprint density at radius 3 is 2.93 bits per heavy atom. The van der Waals surface area contributed by atoms with Gasteiger partial charge in [0.1, 0.15) is 5.75 Å². The average Bonchev–Trinajstić information content (AvgIpc) is 2.22. The summed E-state index contributed by atoms with van der Waals surface area (Å²) in [6, 6.07) is 7.92. The van der Waals surface area contributed by atoms with E-state index in [1.807, 2.05) is 18.2 Å². The second-order valence-corrected chi connectivity index (χ2v) is 4.20. The minimum absolute atomic E-state index is 0.390. The molecule has 0 spiro atoms. The van der Waals surface area contributed by atoms with Gasteiger partial charge in [-0.2, -0.15) is 5.26 Å². The second-order valence-electron chi connectivity index (χ2n) is 3.29. The smallest absolute Gasteiger partial charge is 0.123 e. The fourth-order valence-corrected chi connectivity index (χ4v) is 1.65. The number of unbranched alkanes of at least 4 members (excludes halogenated alkanes) is 1. The van der Waals surface area contributed by atoms with Crippen LogP contribution in [0.15, 0.2) is 22.7 Å². The van der Waals surface area contributed by atoms with Gasteiger partial charge in [0.2, 0.25) is 0 Å². The Bertz CT molecular complexity index is 357. The van der Waals surface area contributed by atoms with Gasteiger partial charge in [0.05, 0.1) is 19.1 Å². The molecule has 0 radical (unpaired) electrons. The maximum atomic E-state index is 8.69. The molecule has 1 aromatic rings. The second kappa shape index (κ2) is 6.47. The molecule has 0 bridgehead atoms. The largest absolute Gasteiger partial charge is 0.493 e. The average molecular weight is 268 g/mol. The summed E-state index contributed by atoms with van der Waals surface area (Å²) in [7, 11) is 0. The number of halogens is 1. The van der Waals surface area contributed by atoms with Crippen molar-refractivity contribution >= 4 is 15.9 Å². The first kappa shape index (κ1) is 12.1. The van der Waals surface area contributed by atoms with Crippen molar-refractivity contribution in [1.29, 1.82) is 5.26 Å². The van der Waals surface area contributed by atoms with Crippen molar-refractivity contribution in [2.45, 2.75) is 26.2 Å². The van der Waals surface area contributed by atoms with Crippen LogP contribution >= 0.6 is 15.9 Å². The number of benzene rings is 1. The lowest BCUT2D eigenvalue weighted by atomic mass is 10.1. The number of hydrogen-bond donors (Lipinski definition) is 0. The summed E-state index contributed by atoms with van der Waals surface area (Å²) >= 11 is 3.38. The molecule has 1 aromatic carbocycles. The van der Waals surface area contributed by atoms with Crippen LogP contribution in [-0.2, 0) is 6.42 Å². The number of nitriles is 1. The van der Waals surface area contributed by atoms with E-state index in [0.717, 1.165) is 35.2 Å². The summed E-state index contributed by atoms with van der Waals surface area (Å²) in [4.78, 5) is 0. The summed E-state index contributed by atoms with van der Waals surface area (Å²) in [5, 5.41) is 8.69. The predicted molar refractivity (Wildman–Crippen MR) is 63.9 cm³/mol. The van der Waals surface area contributed by atoms with Gasteiger partial charge in [-0.05, 0) is 24.6 Å². The summed E-state index contributed by atoms with van der Waals surface area (Å²) in [5.41, 5.74) is 0.947. The number of ether oxygens (including phenoxy) is 1. The summed E-state index contributed by atoms with van der Waals surface area (Å²) in [6.07, 6.45) is 2.55. The van der Waals surface area contributed by atoms with Crippen molar-refractivity contribution in [2.75, 3.05) is 6.61 Å². The van der Waals surface area contributed by atoms with Crippen LogP contribution < -0.4 is 4.74 Å². The molecule has 2 nitrogen and oxygen atoms in total. The van der Waals surface area contributed by atoms with E-state index >= 15 is 0 Å². The van der Waals surface area contributed by atoms with E-state index in [9.17, 15) is 0 Å². The Morgan fingerprint density at radius 1 is 1.47 bits per heavy atom. The fourth-order valence-electron chi connectivity index (χ4n) is 1.24. The van der Waals surface area contributed by atoms with E-state index in [2.05, 4.69) is 28.9 Å². The lowest BCUT2D eigenvalue weighted by Gasteiger charge is -2.09. The molecule has 0 aromatic heterocycles.